The van der Waals surface area contributed by atoms with Crippen molar-refractivity contribution in [3.05, 3.63) is 64.1 Å². The van der Waals surface area contributed by atoms with Crippen molar-refractivity contribution in [1.82, 2.24) is 10.2 Å². The van der Waals surface area contributed by atoms with Gasteiger partial charge >= 0.3 is 0 Å². The molecule has 10 heteroatoms. The van der Waals surface area contributed by atoms with Gasteiger partial charge in [-0.25, -0.2) is 8.42 Å². The van der Waals surface area contributed by atoms with Gasteiger partial charge in [0.1, 0.15) is 6.04 Å². The summed E-state index contributed by atoms with van der Waals surface area (Å²) >= 11 is 12.0. The Labute approximate surface area is 224 Å². The second-order valence-electron chi connectivity index (χ2n) is 8.81. The fourth-order valence-electron chi connectivity index (χ4n) is 3.76. The lowest BCUT2D eigenvalue weighted by Crippen LogP contribution is -2.50. The molecule has 0 aliphatic rings. The number of nitrogens with zero attached hydrogens (tertiary/aromatic N) is 2. The summed E-state index contributed by atoms with van der Waals surface area (Å²) in [6, 6.07) is 13.0. The molecule has 0 saturated carbocycles. The first-order valence-electron chi connectivity index (χ1n) is 12.0. The number of amides is 2. The maximum Gasteiger partial charge on any atom is 0.243 e. The Balaban J connectivity index is 2.21. The lowest BCUT2D eigenvalue weighted by Gasteiger charge is -2.32. The number of carbonyl (C=O) groups is 2. The van der Waals surface area contributed by atoms with Crippen LogP contribution in [-0.4, -0.2) is 50.0 Å². The maximum atomic E-state index is 13.4. The highest BCUT2D eigenvalue weighted by atomic mass is 35.5. The normalized spacial score (nSPS) is 13.1. The Bertz CT molecular complexity index is 1110. The number of anilines is 1. The Morgan fingerprint density at radius 3 is 2.00 bits per heavy atom. The zero-order chi connectivity index (χ0) is 26.9. The van der Waals surface area contributed by atoms with E-state index >= 15 is 0 Å². The quantitative estimate of drug-likeness (QED) is 0.365. The van der Waals surface area contributed by atoms with Gasteiger partial charge in [0.15, 0.2) is 0 Å². The minimum absolute atomic E-state index is 0.0123. The van der Waals surface area contributed by atoms with Crippen molar-refractivity contribution in [1.29, 1.82) is 0 Å². The van der Waals surface area contributed by atoms with E-state index in [-0.39, 0.29) is 43.8 Å². The molecular formula is C26H35Cl2N3O4S. The van der Waals surface area contributed by atoms with E-state index in [1.165, 1.54) is 4.31 Å². The SMILES string of the molecule is CC[C@H](C)NC(=O)[C@H](CC)N(Cc1ccc(Cl)cc1)C(=O)CCCN(c1ccc(Cl)cc1)S(C)(=O)=O. The highest BCUT2D eigenvalue weighted by Gasteiger charge is 2.29. The van der Waals surface area contributed by atoms with Crippen LogP contribution in [0, 0.1) is 0 Å². The molecule has 0 aliphatic heterocycles. The van der Waals surface area contributed by atoms with Gasteiger partial charge in [-0.3, -0.25) is 13.9 Å². The number of rotatable bonds is 13. The zero-order valence-corrected chi connectivity index (χ0v) is 23.5. The molecule has 0 saturated heterocycles. The summed E-state index contributed by atoms with van der Waals surface area (Å²) in [6.07, 6.45) is 2.72. The maximum absolute atomic E-state index is 13.4. The highest BCUT2D eigenvalue weighted by molar-refractivity contribution is 7.92. The first-order chi connectivity index (χ1) is 17.0. The van der Waals surface area contributed by atoms with Crippen LogP contribution in [0.2, 0.25) is 10.0 Å². The van der Waals surface area contributed by atoms with Crippen LogP contribution in [0.1, 0.15) is 52.0 Å². The summed E-state index contributed by atoms with van der Waals surface area (Å²) in [7, 11) is -3.56. The molecule has 198 valence electrons. The number of hydrogen-bond donors (Lipinski definition) is 1. The third kappa shape index (κ3) is 8.98. The molecule has 7 nitrogen and oxygen atoms in total. The van der Waals surface area contributed by atoms with E-state index in [2.05, 4.69) is 5.32 Å². The molecule has 2 rings (SSSR count). The largest absolute Gasteiger partial charge is 0.352 e. The first-order valence-corrected chi connectivity index (χ1v) is 14.6. The van der Waals surface area contributed by atoms with Gasteiger partial charge in [0.05, 0.1) is 11.9 Å². The van der Waals surface area contributed by atoms with Gasteiger partial charge in [-0.15, -0.1) is 0 Å². The monoisotopic (exact) mass is 555 g/mol. The van der Waals surface area contributed by atoms with Crippen molar-refractivity contribution in [2.75, 3.05) is 17.1 Å². The molecule has 1 N–H and O–H groups in total. The van der Waals surface area contributed by atoms with E-state index in [1.807, 2.05) is 32.9 Å². The zero-order valence-electron chi connectivity index (χ0n) is 21.2. The Morgan fingerprint density at radius 2 is 1.50 bits per heavy atom. The van der Waals surface area contributed by atoms with Crippen molar-refractivity contribution in [2.45, 2.75) is 65.1 Å². The summed E-state index contributed by atoms with van der Waals surface area (Å²) in [6.45, 7) is 6.14. The fourth-order valence-corrected chi connectivity index (χ4v) is 4.98. The number of hydrogen-bond acceptors (Lipinski definition) is 4. The Morgan fingerprint density at radius 1 is 0.944 bits per heavy atom. The van der Waals surface area contributed by atoms with Gasteiger partial charge in [-0.2, -0.15) is 0 Å². The van der Waals surface area contributed by atoms with Crippen molar-refractivity contribution >= 4 is 50.7 Å². The standard InChI is InChI=1S/C26H35Cl2N3O4S/c1-5-19(3)29-26(33)24(6-2)30(18-20-9-11-21(27)12-10-20)25(32)8-7-17-31(36(4,34)35)23-15-13-22(28)14-16-23/h9-16,19,24H,5-8,17-18H2,1-4H3,(H,29,33)/t19-,24-/m0/s1. The predicted octanol–water partition coefficient (Wildman–Crippen LogP) is 5.26. The van der Waals surface area contributed by atoms with Gasteiger partial charge in [0, 0.05) is 35.6 Å². The molecule has 36 heavy (non-hydrogen) atoms. The summed E-state index contributed by atoms with van der Waals surface area (Å²) in [5, 5.41) is 4.06. The fraction of sp³-hybridized carbons (Fsp3) is 0.462. The molecule has 0 bridgehead atoms. The van der Waals surface area contributed by atoms with Crippen molar-refractivity contribution < 1.29 is 18.0 Å². The minimum atomic E-state index is -3.56. The molecule has 2 aromatic carbocycles. The second-order valence-corrected chi connectivity index (χ2v) is 11.6. The molecule has 0 heterocycles. The van der Waals surface area contributed by atoms with E-state index in [4.69, 9.17) is 23.2 Å². The average Bonchev–Trinajstić information content (AvgIpc) is 2.82. The van der Waals surface area contributed by atoms with E-state index in [1.54, 1.807) is 41.3 Å². The van der Waals surface area contributed by atoms with E-state index < -0.39 is 16.1 Å². The van der Waals surface area contributed by atoms with E-state index in [9.17, 15) is 18.0 Å². The molecule has 0 aliphatic carbocycles. The molecule has 0 fully saturated rings. The second kappa shape index (κ2) is 13.9. The van der Waals surface area contributed by atoms with Crippen molar-refractivity contribution in [3.63, 3.8) is 0 Å². The Kier molecular flexibility index (Phi) is 11.5. The average molecular weight is 557 g/mol. The number of nitrogens with one attached hydrogen (secondary N) is 1. The van der Waals surface area contributed by atoms with Gasteiger partial charge in [0.25, 0.3) is 0 Å². The molecule has 0 aromatic heterocycles. The van der Waals surface area contributed by atoms with Crippen LogP contribution in [0.5, 0.6) is 0 Å². The lowest BCUT2D eigenvalue weighted by molar-refractivity contribution is -0.141. The Hall–Kier alpha value is -2.29. The van der Waals surface area contributed by atoms with Crippen LogP contribution in [0.4, 0.5) is 5.69 Å². The molecule has 2 aromatic rings. The summed E-state index contributed by atoms with van der Waals surface area (Å²) in [4.78, 5) is 28.0. The van der Waals surface area contributed by atoms with Gasteiger partial charge in [-0.05, 0) is 68.1 Å². The van der Waals surface area contributed by atoms with Crippen LogP contribution < -0.4 is 9.62 Å². The molecule has 2 atom stereocenters. The van der Waals surface area contributed by atoms with Gasteiger partial charge in [-0.1, -0.05) is 49.2 Å². The molecule has 0 unspecified atom stereocenters. The molecular weight excluding hydrogens is 521 g/mol. The first kappa shape index (κ1) is 29.9. The van der Waals surface area contributed by atoms with Crippen LogP contribution in [0.15, 0.2) is 48.5 Å². The number of carbonyl (C=O) groups excluding carboxylic acids is 2. The topological polar surface area (TPSA) is 86.8 Å². The van der Waals surface area contributed by atoms with E-state index in [0.29, 0.717) is 22.2 Å². The minimum Gasteiger partial charge on any atom is -0.352 e. The summed E-state index contributed by atoms with van der Waals surface area (Å²) < 4.78 is 26.1. The van der Waals surface area contributed by atoms with Crippen molar-refractivity contribution in [3.8, 4) is 0 Å². The van der Waals surface area contributed by atoms with Crippen molar-refractivity contribution in [2.24, 2.45) is 0 Å². The van der Waals surface area contributed by atoms with Gasteiger partial charge in [0.2, 0.25) is 21.8 Å². The van der Waals surface area contributed by atoms with Crippen LogP contribution >= 0.6 is 23.2 Å². The number of halogens is 2. The molecule has 2 amide bonds. The van der Waals surface area contributed by atoms with Gasteiger partial charge < -0.3 is 10.2 Å². The molecule has 0 radical (unpaired) electrons. The predicted molar refractivity (Wildman–Crippen MR) is 147 cm³/mol. The van der Waals surface area contributed by atoms with Crippen LogP contribution in [0.3, 0.4) is 0 Å². The number of sulfonamides is 1. The third-order valence-electron chi connectivity index (χ3n) is 5.92. The van der Waals surface area contributed by atoms with Crippen LogP contribution in [0.25, 0.3) is 0 Å². The summed E-state index contributed by atoms with van der Waals surface area (Å²) in [5.41, 5.74) is 1.33. The third-order valence-corrected chi connectivity index (χ3v) is 7.62. The number of benzene rings is 2. The molecule has 0 spiro atoms. The van der Waals surface area contributed by atoms with Crippen LogP contribution in [-0.2, 0) is 26.2 Å². The van der Waals surface area contributed by atoms with E-state index in [0.717, 1.165) is 18.2 Å². The summed E-state index contributed by atoms with van der Waals surface area (Å²) in [5.74, 6) is -0.422. The smallest absolute Gasteiger partial charge is 0.243 e. The highest BCUT2D eigenvalue weighted by Crippen LogP contribution is 2.22. The lowest BCUT2D eigenvalue weighted by atomic mass is 10.1.